The fraction of sp³-hybridized carbons (Fsp3) is 0.565. The van der Waals surface area contributed by atoms with E-state index in [9.17, 15) is 10.1 Å². The molecule has 2 atom stereocenters. The number of nitrogens with zero attached hydrogens (tertiary/aromatic N) is 3. The first-order chi connectivity index (χ1) is 14.5. The monoisotopic (exact) mass is 426 g/mol. The first-order valence-electron chi connectivity index (χ1n) is 10.8. The highest BCUT2D eigenvalue weighted by atomic mass is 32.1. The first-order valence-corrected chi connectivity index (χ1v) is 11.7. The van der Waals surface area contributed by atoms with Gasteiger partial charge in [-0.3, -0.25) is 9.69 Å². The summed E-state index contributed by atoms with van der Waals surface area (Å²) >= 11 is 1.82. The molecule has 2 aliphatic heterocycles. The summed E-state index contributed by atoms with van der Waals surface area (Å²) in [6.45, 7) is 8.82. The van der Waals surface area contributed by atoms with Crippen molar-refractivity contribution in [2.45, 2.75) is 65.1 Å². The molecule has 2 aromatic heterocycles. The van der Waals surface area contributed by atoms with Crippen molar-refractivity contribution in [1.29, 1.82) is 5.26 Å². The highest BCUT2D eigenvalue weighted by Gasteiger charge is 2.29. The van der Waals surface area contributed by atoms with Crippen molar-refractivity contribution in [3.8, 4) is 6.07 Å². The van der Waals surface area contributed by atoms with E-state index in [0.29, 0.717) is 24.5 Å². The summed E-state index contributed by atoms with van der Waals surface area (Å²) in [5.74, 6) is 0.559. The van der Waals surface area contributed by atoms with Gasteiger partial charge in [0.25, 0.3) is 0 Å². The lowest BCUT2D eigenvalue weighted by molar-refractivity contribution is -0.118. The first kappa shape index (κ1) is 21.1. The Kier molecular flexibility index (Phi) is 6.28. The molecule has 0 aromatic carbocycles. The van der Waals surface area contributed by atoms with Crippen molar-refractivity contribution in [2.75, 3.05) is 25.0 Å². The van der Waals surface area contributed by atoms with Crippen LogP contribution in [-0.2, 0) is 22.5 Å². The fourth-order valence-electron chi connectivity index (χ4n) is 4.82. The molecule has 0 spiro atoms. The highest BCUT2D eigenvalue weighted by Crippen LogP contribution is 2.35. The number of nitrogens with one attached hydrogen (secondary N) is 1. The third-order valence-corrected chi connectivity index (χ3v) is 7.54. The predicted octanol–water partition coefficient (Wildman–Crippen LogP) is 4.17. The molecule has 0 aliphatic carbocycles. The van der Waals surface area contributed by atoms with Gasteiger partial charge in [-0.15, -0.1) is 11.3 Å². The van der Waals surface area contributed by atoms with Gasteiger partial charge in [0.2, 0.25) is 5.91 Å². The number of thiophene rings is 1. The Balaban J connectivity index is 1.53. The minimum Gasteiger partial charge on any atom is -0.376 e. The molecule has 6 nitrogen and oxygen atoms in total. The third kappa shape index (κ3) is 3.92. The largest absolute Gasteiger partial charge is 0.376 e. The maximum atomic E-state index is 13.1. The van der Waals surface area contributed by atoms with Crippen LogP contribution in [-0.4, -0.2) is 41.2 Å². The van der Waals surface area contributed by atoms with E-state index in [1.165, 1.54) is 10.4 Å². The zero-order valence-electron chi connectivity index (χ0n) is 18.0. The summed E-state index contributed by atoms with van der Waals surface area (Å²) in [6, 6.07) is 4.78. The Labute approximate surface area is 182 Å². The molecule has 0 bridgehead atoms. The quantitative estimate of drug-likeness (QED) is 0.753. The predicted molar refractivity (Wildman–Crippen MR) is 119 cm³/mol. The average Bonchev–Trinajstić information content (AvgIpc) is 3.46. The molecule has 30 heavy (non-hydrogen) atoms. The minimum absolute atomic E-state index is 0.0604. The number of hydrogen-bond acceptors (Lipinski definition) is 5. The second kappa shape index (κ2) is 8.93. The number of nitriles is 1. The molecule has 2 aliphatic rings. The number of aromatic nitrogens is 1. The van der Waals surface area contributed by atoms with Crippen LogP contribution in [0.4, 0.5) is 5.82 Å². The second-order valence-corrected chi connectivity index (χ2v) is 9.28. The molecule has 4 rings (SSSR count). The van der Waals surface area contributed by atoms with Gasteiger partial charge in [-0.2, -0.15) is 5.26 Å². The number of fused-ring (bicyclic) bond motifs is 1. The van der Waals surface area contributed by atoms with Crippen LogP contribution in [0.1, 0.15) is 59.5 Å². The smallest absolute Gasteiger partial charge is 0.239 e. The van der Waals surface area contributed by atoms with Crippen LogP contribution in [0.2, 0.25) is 0 Å². The van der Waals surface area contributed by atoms with Crippen LogP contribution in [0.15, 0.2) is 11.4 Å². The normalized spacial score (nSPS) is 21.4. The summed E-state index contributed by atoms with van der Waals surface area (Å²) in [5, 5.41) is 15.0. The summed E-state index contributed by atoms with van der Waals surface area (Å²) in [6.07, 6.45) is 4.19. The summed E-state index contributed by atoms with van der Waals surface area (Å²) in [5.41, 5.74) is 3.88. The van der Waals surface area contributed by atoms with Crippen LogP contribution in [0.3, 0.4) is 0 Å². The topological polar surface area (TPSA) is 70.3 Å². The zero-order valence-corrected chi connectivity index (χ0v) is 18.8. The molecule has 2 unspecified atom stereocenters. The molecular weight excluding hydrogens is 396 g/mol. The molecule has 7 heteroatoms. The lowest BCUT2D eigenvalue weighted by atomic mass is 9.98. The number of amides is 1. The van der Waals surface area contributed by atoms with E-state index in [1.54, 1.807) is 0 Å². The molecule has 1 N–H and O–H groups in total. The maximum absolute atomic E-state index is 13.1. The molecule has 1 saturated heterocycles. The van der Waals surface area contributed by atoms with E-state index in [4.69, 9.17) is 4.74 Å². The Hall–Kier alpha value is -2.14. The number of carbonyl (C=O) groups excluding carboxylic acids is 1. The lowest BCUT2D eigenvalue weighted by Gasteiger charge is -2.34. The standard InChI is InChI=1S/C23H30N4O2S/c1-4-20-18-8-11-30-21(18)7-9-26(20)14-22(28)25-23-19(12-24)15(2)16(3)27(23)13-17-6-5-10-29-17/h8,11,17,20H,4-7,9-10,13-14H2,1-3H3,(H,25,28). The minimum atomic E-state index is -0.0604. The van der Waals surface area contributed by atoms with E-state index in [-0.39, 0.29) is 18.1 Å². The molecule has 0 saturated carbocycles. The van der Waals surface area contributed by atoms with Crippen LogP contribution in [0, 0.1) is 25.2 Å². The van der Waals surface area contributed by atoms with Crippen molar-refractivity contribution in [2.24, 2.45) is 0 Å². The van der Waals surface area contributed by atoms with E-state index < -0.39 is 0 Å². The number of anilines is 1. The van der Waals surface area contributed by atoms with Crippen molar-refractivity contribution < 1.29 is 9.53 Å². The van der Waals surface area contributed by atoms with Crippen LogP contribution >= 0.6 is 11.3 Å². The number of carbonyl (C=O) groups is 1. The van der Waals surface area contributed by atoms with Gasteiger partial charge >= 0.3 is 0 Å². The van der Waals surface area contributed by atoms with Crippen molar-refractivity contribution in [1.82, 2.24) is 9.47 Å². The van der Waals surface area contributed by atoms with Gasteiger partial charge < -0.3 is 14.6 Å². The number of hydrogen-bond donors (Lipinski definition) is 1. The Bertz CT molecular complexity index is 965. The summed E-state index contributed by atoms with van der Waals surface area (Å²) < 4.78 is 7.87. The van der Waals surface area contributed by atoms with Gasteiger partial charge in [-0.05, 0) is 62.1 Å². The molecule has 0 radical (unpaired) electrons. The molecule has 1 fully saturated rings. The SMILES string of the molecule is CCC1c2ccsc2CCN1CC(=O)Nc1c(C#N)c(C)c(C)n1CC1CCCO1. The molecule has 1 amide bonds. The number of rotatable bonds is 6. The summed E-state index contributed by atoms with van der Waals surface area (Å²) in [4.78, 5) is 16.8. The molecule has 2 aromatic rings. The Morgan fingerprint density at radius 2 is 2.27 bits per heavy atom. The molecule has 4 heterocycles. The van der Waals surface area contributed by atoms with Crippen molar-refractivity contribution in [3.63, 3.8) is 0 Å². The summed E-state index contributed by atoms with van der Waals surface area (Å²) in [7, 11) is 0. The molecular formula is C23H30N4O2S. The average molecular weight is 427 g/mol. The Morgan fingerprint density at radius 1 is 1.43 bits per heavy atom. The van der Waals surface area contributed by atoms with Crippen LogP contribution in [0.25, 0.3) is 0 Å². The van der Waals surface area contributed by atoms with Crippen LogP contribution in [0.5, 0.6) is 0 Å². The van der Waals surface area contributed by atoms with Crippen molar-refractivity contribution >= 4 is 23.1 Å². The second-order valence-electron chi connectivity index (χ2n) is 8.28. The Morgan fingerprint density at radius 3 is 2.97 bits per heavy atom. The molecule has 160 valence electrons. The van der Waals surface area contributed by atoms with Gasteiger partial charge in [0.05, 0.1) is 24.8 Å². The van der Waals surface area contributed by atoms with Gasteiger partial charge in [0.15, 0.2) is 0 Å². The number of ether oxygens (including phenoxy) is 1. The van der Waals surface area contributed by atoms with Crippen LogP contribution < -0.4 is 5.32 Å². The van der Waals surface area contributed by atoms with E-state index in [1.807, 2.05) is 25.2 Å². The van der Waals surface area contributed by atoms with E-state index in [0.717, 1.165) is 50.1 Å². The third-order valence-electron chi connectivity index (χ3n) is 6.55. The van der Waals surface area contributed by atoms with Gasteiger partial charge in [-0.25, -0.2) is 0 Å². The van der Waals surface area contributed by atoms with Gasteiger partial charge in [0, 0.05) is 29.8 Å². The lowest BCUT2D eigenvalue weighted by Crippen LogP contribution is -2.40. The zero-order chi connectivity index (χ0) is 21.3. The van der Waals surface area contributed by atoms with E-state index >= 15 is 0 Å². The fourth-order valence-corrected chi connectivity index (χ4v) is 5.75. The van der Waals surface area contributed by atoms with Gasteiger partial charge in [-0.1, -0.05) is 6.92 Å². The maximum Gasteiger partial charge on any atom is 0.239 e. The van der Waals surface area contributed by atoms with Crippen molar-refractivity contribution in [3.05, 3.63) is 38.7 Å². The van der Waals surface area contributed by atoms with E-state index in [2.05, 4.69) is 39.2 Å². The highest BCUT2D eigenvalue weighted by molar-refractivity contribution is 7.10. The van der Waals surface area contributed by atoms with Gasteiger partial charge in [0.1, 0.15) is 11.9 Å².